The van der Waals surface area contributed by atoms with Crippen LogP contribution in [0.4, 0.5) is 13.2 Å². The van der Waals surface area contributed by atoms with E-state index in [0.717, 1.165) is 0 Å². The molecule has 128 valence electrons. The number of halogens is 3. The largest absolute Gasteiger partial charge is 0.508 e. The smallest absolute Gasteiger partial charge is 0.422 e. The van der Waals surface area contributed by atoms with Gasteiger partial charge in [0.2, 0.25) is 5.88 Å². The van der Waals surface area contributed by atoms with Crippen LogP contribution >= 0.6 is 0 Å². The fourth-order valence-corrected chi connectivity index (χ4v) is 1.97. The number of phenols is 1. The van der Waals surface area contributed by atoms with Crippen molar-refractivity contribution in [2.45, 2.75) is 12.7 Å². The number of phenolic OH excluding ortho intramolecular Hbond substituents is 1. The molecular weight excluding hydrogens is 325 g/mol. The van der Waals surface area contributed by atoms with Crippen LogP contribution in [0, 0.1) is 0 Å². The van der Waals surface area contributed by atoms with Gasteiger partial charge in [-0.15, -0.1) is 0 Å². The summed E-state index contributed by atoms with van der Waals surface area (Å²) in [6, 6.07) is 10.4. The molecule has 5 nitrogen and oxygen atoms in total. The zero-order valence-corrected chi connectivity index (χ0v) is 12.7. The van der Waals surface area contributed by atoms with Crippen LogP contribution in [0.1, 0.15) is 16.1 Å². The molecule has 1 aromatic carbocycles. The number of pyridine rings is 1. The Morgan fingerprint density at radius 1 is 1.25 bits per heavy atom. The molecule has 0 aliphatic heterocycles. The number of rotatable bonds is 5. The molecule has 0 saturated carbocycles. The molecule has 24 heavy (non-hydrogen) atoms. The van der Waals surface area contributed by atoms with Gasteiger partial charge >= 0.3 is 6.18 Å². The van der Waals surface area contributed by atoms with E-state index >= 15 is 0 Å². The maximum absolute atomic E-state index is 12.3. The Hall–Kier alpha value is -2.77. The van der Waals surface area contributed by atoms with E-state index in [2.05, 4.69) is 9.72 Å². The summed E-state index contributed by atoms with van der Waals surface area (Å²) in [6.07, 6.45) is -4.48. The Labute approximate surface area is 136 Å². The van der Waals surface area contributed by atoms with E-state index in [1.54, 1.807) is 12.1 Å². The van der Waals surface area contributed by atoms with E-state index < -0.39 is 18.7 Å². The summed E-state index contributed by atoms with van der Waals surface area (Å²) < 4.78 is 41.0. The van der Waals surface area contributed by atoms with E-state index in [4.69, 9.17) is 0 Å². The quantitative estimate of drug-likeness (QED) is 0.909. The van der Waals surface area contributed by atoms with Crippen LogP contribution in [0.3, 0.4) is 0 Å². The second-order valence-electron chi connectivity index (χ2n) is 5.10. The number of carbonyl (C=O) groups is 1. The number of carbonyl (C=O) groups excluding carboxylic acids is 1. The van der Waals surface area contributed by atoms with Crippen LogP contribution in [0.25, 0.3) is 0 Å². The number of benzene rings is 1. The second-order valence-corrected chi connectivity index (χ2v) is 5.10. The third kappa shape index (κ3) is 5.15. The highest BCUT2D eigenvalue weighted by molar-refractivity contribution is 5.92. The molecule has 0 unspecified atom stereocenters. The van der Waals surface area contributed by atoms with Gasteiger partial charge in [0.15, 0.2) is 6.61 Å². The van der Waals surface area contributed by atoms with E-state index in [-0.39, 0.29) is 23.9 Å². The maximum atomic E-state index is 12.3. The number of alkyl halides is 3. The van der Waals surface area contributed by atoms with E-state index in [9.17, 15) is 23.1 Å². The fraction of sp³-hybridized carbons (Fsp3) is 0.250. The van der Waals surface area contributed by atoms with Gasteiger partial charge in [-0.05, 0) is 23.8 Å². The summed E-state index contributed by atoms with van der Waals surface area (Å²) in [5, 5.41) is 9.42. The average molecular weight is 340 g/mol. The molecule has 0 atom stereocenters. The van der Waals surface area contributed by atoms with Crippen LogP contribution in [0.2, 0.25) is 0 Å². The molecule has 1 amide bonds. The Kier molecular flexibility index (Phi) is 5.28. The first-order chi connectivity index (χ1) is 11.2. The third-order valence-corrected chi connectivity index (χ3v) is 3.00. The van der Waals surface area contributed by atoms with Crippen LogP contribution in [0.15, 0.2) is 42.5 Å². The summed E-state index contributed by atoms with van der Waals surface area (Å²) in [7, 11) is 1.53. The van der Waals surface area contributed by atoms with Gasteiger partial charge < -0.3 is 14.7 Å². The Morgan fingerprint density at radius 3 is 2.62 bits per heavy atom. The van der Waals surface area contributed by atoms with Crippen molar-refractivity contribution in [1.82, 2.24) is 9.88 Å². The predicted octanol–water partition coefficient (Wildman–Crippen LogP) is 3.00. The lowest BCUT2D eigenvalue weighted by Crippen LogP contribution is -2.27. The molecular formula is C16H15F3N2O3. The van der Waals surface area contributed by atoms with Gasteiger partial charge in [0, 0.05) is 19.7 Å². The minimum atomic E-state index is -4.48. The lowest BCUT2D eigenvalue weighted by Gasteiger charge is -2.17. The number of aromatic nitrogens is 1. The SMILES string of the molecule is CN(Cc1cccc(O)c1)C(=O)c1cccc(OCC(F)(F)F)n1. The van der Waals surface area contributed by atoms with Crippen molar-refractivity contribution >= 4 is 5.91 Å². The van der Waals surface area contributed by atoms with Gasteiger partial charge in [0.1, 0.15) is 11.4 Å². The highest BCUT2D eigenvalue weighted by Crippen LogP contribution is 2.18. The number of nitrogens with zero attached hydrogens (tertiary/aromatic N) is 2. The Bertz CT molecular complexity index is 720. The molecule has 1 aromatic heterocycles. The number of ether oxygens (including phenoxy) is 1. The third-order valence-electron chi connectivity index (χ3n) is 3.00. The normalized spacial score (nSPS) is 11.2. The molecule has 0 aliphatic carbocycles. The lowest BCUT2D eigenvalue weighted by atomic mass is 10.2. The van der Waals surface area contributed by atoms with Crippen LogP contribution < -0.4 is 4.74 Å². The number of amides is 1. The van der Waals surface area contributed by atoms with Gasteiger partial charge in [-0.2, -0.15) is 13.2 Å². The monoisotopic (exact) mass is 340 g/mol. The number of aromatic hydroxyl groups is 1. The fourth-order valence-electron chi connectivity index (χ4n) is 1.97. The molecule has 0 radical (unpaired) electrons. The van der Waals surface area contributed by atoms with Crippen molar-refractivity contribution in [3.8, 4) is 11.6 Å². The van der Waals surface area contributed by atoms with E-state index in [0.29, 0.717) is 5.56 Å². The summed E-state index contributed by atoms with van der Waals surface area (Å²) >= 11 is 0. The van der Waals surface area contributed by atoms with Crippen LogP contribution in [-0.4, -0.2) is 40.7 Å². The summed E-state index contributed by atoms with van der Waals surface area (Å²) in [4.78, 5) is 17.4. The van der Waals surface area contributed by atoms with Crippen molar-refractivity contribution in [2.24, 2.45) is 0 Å². The molecule has 0 spiro atoms. The van der Waals surface area contributed by atoms with Crippen molar-refractivity contribution < 1.29 is 27.8 Å². The number of hydrogen-bond donors (Lipinski definition) is 1. The molecule has 1 heterocycles. The molecule has 0 fully saturated rings. The first kappa shape index (κ1) is 17.6. The minimum Gasteiger partial charge on any atom is -0.508 e. The first-order valence-corrected chi connectivity index (χ1v) is 6.94. The molecule has 2 rings (SSSR count). The van der Waals surface area contributed by atoms with E-state index in [1.165, 1.54) is 42.3 Å². The lowest BCUT2D eigenvalue weighted by molar-refractivity contribution is -0.154. The topological polar surface area (TPSA) is 62.7 Å². The van der Waals surface area contributed by atoms with Gasteiger partial charge in [0.25, 0.3) is 5.91 Å². The van der Waals surface area contributed by atoms with Crippen LogP contribution in [-0.2, 0) is 6.54 Å². The Morgan fingerprint density at radius 2 is 1.96 bits per heavy atom. The Balaban J connectivity index is 2.05. The van der Waals surface area contributed by atoms with Crippen molar-refractivity contribution in [3.05, 3.63) is 53.7 Å². The number of hydrogen-bond acceptors (Lipinski definition) is 4. The highest BCUT2D eigenvalue weighted by Gasteiger charge is 2.28. The zero-order chi connectivity index (χ0) is 17.7. The van der Waals surface area contributed by atoms with Crippen molar-refractivity contribution in [2.75, 3.05) is 13.7 Å². The van der Waals surface area contributed by atoms with Crippen LogP contribution in [0.5, 0.6) is 11.6 Å². The van der Waals surface area contributed by atoms with Crippen molar-refractivity contribution in [1.29, 1.82) is 0 Å². The summed E-state index contributed by atoms with van der Waals surface area (Å²) in [6.45, 7) is -1.26. The van der Waals surface area contributed by atoms with Gasteiger partial charge in [-0.25, -0.2) is 4.98 Å². The highest BCUT2D eigenvalue weighted by atomic mass is 19.4. The molecule has 0 bridgehead atoms. The predicted molar refractivity (Wildman–Crippen MR) is 79.7 cm³/mol. The minimum absolute atomic E-state index is 0.0303. The van der Waals surface area contributed by atoms with E-state index in [1.807, 2.05) is 0 Å². The van der Waals surface area contributed by atoms with Gasteiger partial charge in [-0.3, -0.25) is 4.79 Å². The standard InChI is InChI=1S/C16H15F3N2O3/c1-21(9-11-4-2-5-12(22)8-11)15(23)13-6-3-7-14(20-13)24-10-16(17,18)19/h2-8,22H,9-10H2,1H3. The summed E-state index contributed by atoms with van der Waals surface area (Å²) in [5.41, 5.74) is 0.674. The summed E-state index contributed by atoms with van der Waals surface area (Å²) in [5.74, 6) is -0.672. The van der Waals surface area contributed by atoms with Crippen molar-refractivity contribution in [3.63, 3.8) is 0 Å². The molecule has 0 saturated heterocycles. The first-order valence-electron chi connectivity index (χ1n) is 6.94. The van der Waals surface area contributed by atoms with Gasteiger partial charge in [0.05, 0.1) is 0 Å². The second kappa shape index (κ2) is 7.20. The maximum Gasteiger partial charge on any atom is 0.422 e. The van der Waals surface area contributed by atoms with Gasteiger partial charge in [-0.1, -0.05) is 18.2 Å². The average Bonchev–Trinajstić information content (AvgIpc) is 2.52. The molecule has 1 N–H and O–H groups in total. The zero-order valence-electron chi connectivity index (χ0n) is 12.7. The molecule has 2 aromatic rings. The molecule has 0 aliphatic rings. The molecule has 8 heteroatoms.